The van der Waals surface area contributed by atoms with E-state index >= 15 is 0 Å². The fourth-order valence-electron chi connectivity index (χ4n) is 4.28. The van der Waals surface area contributed by atoms with Crippen LogP contribution in [-0.2, 0) is 4.79 Å². The number of pyridine rings is 1. The van der Waals surface area contributed by atoms with Gasteiger partial charge in [0.25, 0.3) is 0 Å². The van der Waals surface area contributed by atoms with Gasteiger partial charge in [-0.15, -0.1) is 0 Å². The average Bonchev–Trinajstić information content (AvgIpc) is 3.38. The molecule has 1 fully saturated rings. The van der Waals surface area contributed by atoms with Gasteiger partial charge in [-0.25, -0.2) is 19.5 Å². The minimum absolute atomic E-state index is 0.0807. The number of likely N-dealkylation sites (tertiary alicyclic amines) is 1. The van der Waals surface area contributed by atoms with Crippen molar-refractivity contribution in [3.05, 3.63) is 91.2 Å². The number of hydrogen-bond acceptors (Lipinski definition) is 7. The molecule has 2 aromatic carbocycles. The van der Waals surface area contributed by atoms with Crippen molar-refractivity contribution in [1.29, 1.82) is 0 Å². The van der Waals surface area contributed by atoms with Crippen LogP contribution in [0, 0.1) is 18.8 Å². The van der Waals surface area contributed by atoms with Crippen LogP contribution in [0.4, 0.5) is 11.5 Å². The Bertz CT molecular complexity index is 1770. The van der Waals surface area contributed by atoms with Crippen molar-refractivity contribution in [3.63, 3.8) is 0 Å². The summed E-state index contributed by atoms with van der Waals surface area (Å²) in [6, 6.07) is 15.3. The molecule has 5 aromatic rings. The Morgan fingerprint density at radius 3 is 2.87 bits per heavy atom. The number of ether oxygens (including phenoxy) is 1. The number of hydrogen-bond donors (Lipinski definition) is 1. The highest BCUT2D eigenvalue weighted by atomic mass is 16.5. The molecule has 1 N–H and O–H groups in total. The number of carbonyl (C=O) groups excluding carboxylic acids is 1. The maximum atomic E-state index is 11.9. The molecule has 9 heteroatoms. The number of aryl methyl sites for hydroxylation is 1. The van der Waals surface area contributed by atoms with E-state index in [0.717, 1.165) is 39.9 Å². The Morgan fingerprint density at radius 1 is 1.13 bits per heavy atom. The molecule has 1 saturated heterocycles. The largest absolute Gasteiger partial charge is 0.457 e. The Labute approximate surface area is 218 Å². The summed E-state index contributed by atoms with van der Waals surface area (Å²) in [5.74, 6) is 8.41. The first-order valence-electron chi connectivity index (χ1n) is 12.1. The van der Waals surface area contributed by atoms with E-state index in [9.17, 15) is 4.79 Å². The smallest absolute Gasteiger partial charge is 0.246 e. The minimum atomic E-state index is -0.0861. The fraction of sp³-hybridized carbons (Fsp3) is 0.138. The molecule has 38 heavy (non-hydrogen) atoms. The van der Waals surface area contributed by atoms with Gasteiger partial charge in [-0.3, -0.25) is 4.79 Å². The van der Waals surface area contributed by atoms with Crippen molar-refractivity contribution in [2.45, 2.75) is 19.4 Å². The highest BCUT2D eigenvalue weighted by molar-refractivity contribution is 5.91. The summed E-state index contributed by atoms with van der Waals surface area (Å²) in [4.78, 5) is 26.7. The van der Waals surface area contributed by atoms with Crippen molar-refractivity contribution in [2.24, 2.45) is 0 Å². The second-order valence-corrected chi connectivity index (χ2v) is 8.90. The molecule has 9 nitrogen and oxygen atoms in total. The van der Waals surface area contributed by atoms with E-state index in [-0.39, 0.29) is 11.9 Å². The monoisotopic (exact) mass is 501 g/mol. The maximum Gasteiger partial charge on any atom is 0.246 e. The minimum Gasteiger partial charge on any atom is -0.457 e. The maximum absolute atomic E-state index is 11.9. The number of carbonyl (C=O) groups is 1. The number of benzene rings is 2. The Balaban J connectivity index is 1.22. The zero-order valence-corrected chi connectivity index (χ0v) is 20.6. The molecule has 0 bridgehead atoms. The van der Waals surface area contributed by atoms with Gasteiger partial charge in [0.2, 0.25) is 5.91 Å². The van der Waals surface area contributed by atoms with Gasteiger partial charge in [0.05, 0.1) is 11.6 Å². The number of fused-ring (bicyclic) bond motifs is 2. The third kappa shape index (κ3) is 4.51. The fourth-order valence-corrected chi connectivity index (χ4v) is 4.28. The summed E-state index contributed by atoms with van der Waals surface area (Å²) < 4.78 is 7.77. The Kier molecular flexibility index (Phi) is 5.90. The molecular weight excluding hydrogens is 478 g/mol. The summed E-state index contributed by atoms with van der Waals surface area (Å²) in [6.07, 6.45) is 7.05. The first-order chi connectivity index (χ1) is 18.6. The van der Waals surface area contributed by atoms with Gasteiger partial charge < -0.3 is 15.0 Å². The van der Waals surface area contributed by atoms with Gasteiger partial charge in [-0.2, -0.15) is 5.10 Å². The third-order valence-corrected chi connectivity index (χ3v) is 6.41. The molecule has 0 saturated carbocycles. The lowest BCUT2D eigenvalue weighted by Crippen LogP contribution is -2.49. The van der Waals surface area contributed by atoms with Crippen molar-refractivity contribution in [2.75, 3.05) is 11.9 Å². The van der Waals surface area contributed by atoms with Gasteiger partial charge in [0.15, 0.2) is 5.65 Å². The Hall–Kier alpha value is -5.23. The number of rotatable bonds is 5. The summed E-state index contributed by atoms with van der Waals surface area (Å²) in [6.45, 7) is 6.26. The quantitative estimate of drug-likeness (QED) is 0.276. The molecule has 0 unspecified atom stereocenters. The molecule has 4 heterocycles. The van der Waals surface area contributed by atoms with Crippen LogP contribution in [0.3, 0.4) is 0 Å². The number of aromatic nitrogens is 5. The van der Waals surface area contributed by atoms with Gasteiger partial charge in [0, 0.05) is 35.4 Å². The van der Waals surface area contributed by atoms with Crippen molar-refractivity contribution >= 4 is 34.0 Å². The second-order valence-electron chi connectivity index (χ2n) is 8.90. The number of nitrogens with zero attached hydrogens (tertiary/aromatic N) is 6. The van der Waals surface area contributed by atoms with Crippen LogP contribution in [0.2, 0.25) is 0 Å². The van der Waals surface area contributed by atoms with Crippen LogP contribution in [0.5, 0.6) is 11.5 Å². The number of nitrogens with one attached hydrogen (secondary N) is 1. The molecule has 1 aliphatic heterocycles. The highest BCUT2D eigenvalue weighted by Gasteiger charge is 2.28. The van der Waals surface area contributed by atoms with E-state index in [1.54, 1.807) is 9.42 Å². The van der Waals surface area contributed by atoms with Gasteiger partial charge in [0.1, 0.15) is 30.0 Å². The lowest BCUT2D eigenvalue weighted by molar-refractivity contribution is -0.131. The van der Waals surface area contributed by atoms with Gasteiger partial charge >= 0.3 is 0 Å². The molecule has 1 aliphatic rings. The molecule has 186 valence electrons. The average molecular weight is 502 g/mol. The predicted octanol–water partition coefficient (Wildman–Crippen LogP) is 4.66. The van der Waals surface area contributed by atoms with Gasteiger partial charge in [-0.05, 0) is 67.4 Å². The van der Waals surface area contributed by atoms with E-state index in [1.165, 1.54) is 18.7 Å². The molecule has 3 aromatic heterocycles. The highest BCUT2D eigenvalue weighted by Crippen LogP contribution is 2.30. The first kappa shape index (κ1) is 23.2. The summed E-state index contributed by atoms with van der Waals surface area (Å²) in [7, 11) is 0. The predicted molar refractivity (Wildman–Crippen MR) is 144 cm³/mol. The molecule has 6 rings (SSSR count). The van der Waals surface area contributed by atoms with Crippen LogP contribution in [0.25, 0.3) is 16.6 Å². The topological polar surface area (TPSA) is 97.5 Å². The van der Waals surface area contributed by atoms with Crippen LogP contribution in [0.1, 0.15) is 17.5 Å². The summed E-state index contributed by atoms with van der Waals surface area (Å²) in [5, 5.41) is 8.36. The van der Waals surface area contributed by atoms with Crippen LogP contribution >= 0.6 is 0 Å². The summed E-state index contributed by atoms with van der Waals surface area (Å²) >= 11 is 0. The van der Waals surface area contributed by atoms with E-state index in [2.05, 4.69) is 43.8 Å². The molecule has 0 aliphatic carbocycles. The van der Waals surface area contributed by atoms with E-state index in [4.69, 9.17) is 4.74 Å². The molecular formula is C29H23N7O2. The van der Waals surface area contributed by atoms with E-state index < -0.39 is 0 Å². The third-order valence-electron chi connectivity index (χ3n) is 6.41. The van der Waals surface area contributed by atoms with Crippen molar-refractivity contribution in [1.82, 2.24) is 29.5 Å². The summed E-state index contributed by atoms with van der Waals surface area (Å²) in [5.41, 5.74) is 4.18. The van der Waals surface area contributed by atoms with Crippen molar-refractivity contribution in [3.8, 4) is 23.3 Å². The lowest BCUT2D eigenvalue weighted by atomic mass is 10.0. The van der Waals surface area contributed by atoms with Gasteiger partial charge in [-0.1, -0.05) is 18.4 Å². The standard InChI is InChI=1S/C29H23N7O2/c1-3-28(37)35-12-10-22(35)7-4-20-5-8-25-24(15-20)29(32-17-30-25)34-21-6-9-26(19(2)14-21)38-23-11-13-36-27(16-23)31-18-33-36/h3,5-6,8-9,11,13-18,22H,1,10,12H2,2H3,(H,30,32,34)/t22-/m0/s1. The first-order valence-corrected chi connectivity index (χ1v) is 12.1. The zero-order chi connectivity index (χ0) is 26.1. The molecule has 0 radical (unpaired) electrons. The molecule has 0 spiro atoms. The number of amides is 1. The lowest BCUT2D eigenvalue weighted by Gasteiger charge is -2.36. The van der Waals surface area contributed by atoms with Crippen molar-refractivity contribution < 1.29 is 9.53 Å². The second kappa shape index (κ2) is 9.67. The SMILES string of the molecule is C=CC(=O)N1CC[C@@H]1C#Cc1ccc2ncnc(Nc3ccc(Oc4ccn5ncnc5c4)c(C)c3)c2c1. The van der Waals surface area contributed by atoms with E-state index in [0.29, 0.717) is 23.8 Å². The molecule has 1 atom stereocenters. The molecule has 1 amide bonds. The zero-order valence-electron chi connectivity index (χ0n) is 20.6. The van der Waals surface area contributed by atoms with Crippen LogP contribution in [-0.4, -0.2) is 48.0 Å². The number of anilines is 2. The normalized spacial score (nSPS) is 14.4. The van der Waals surface area contributed by atoms with Crippen LogP contribution < -0.4 is 10.1 Å². The van der Waals surface area contributed by atoms with E-state index in [1.807, 2.05) is 61.7 Å². The Morgan fingerprint density at radius 2 is 2.05 bits per heavy atom. The van der Waals surface area contributed by atoms with Crippen LogP contribution in [0.15, 0.2) is 80.0 Å².